The first-order valence-electron chi connectivity index (χ1n) is 7.52. The molecule has 8 nitrogen and oxygen atoms in total. The SMILES string of the molecule is CSc1nc(N)nc(N[C@@H](C)C(=O)Nc2cc(N)cc(CF)c2)c1C#N. The number of rotatable bonds is 6. The van der Waals surface area contributed by atoms with E-state index in [4.69, 9.17) is 11.5 Å². The van der Waals surface area contributed by atoms with Crippen LogP contribution < -0.4 is 22.1 Å². The summed E-state index contributed by atoms with van der Waals surface area (Å²) in [5.74, 6) is -0.247. The Bertz CT molecular complexity index is 868. The molecule has 6 N–H and O–H groups in total. The van der Waals surface area contributed by atoms with Crippen molar-refractivity contribution in [3.63, 3.8) is 0 Å². The molecule has 0 bridgehead atoms. The molecule has 2 aromatic rings. The Morgan fingerprint density at radius 2 is 2.12 bits per heavy atom. The zero-order valence-corrected chi connectivity index (χ0v) is 15.0. The molecule has 1 aromatic heterocycles. The van der Waals surface area contributed by atoms with Crippen LogP contribution in [0.5, 0.6) is 0 Å². The topological polar surface area (TPSA) is 143 Å². The zero-order valence-electron chi connectivity index (χ0n) is 14.2. The minimum absolute atomic E-state index is 0.00752. The number of carbonyl (C=O) groups is 1. The molecule has 1 amide bonds. The number of carbonyl (C=O) groups excluding carboxylic acids is 1. The monoisotopic (exact) mass is 375 g/mol. The number of alkyl halides is 1. The van der Waals surface area contributed by atoms with E-state index in [0.29, 0.717) is 22.0 Å². The highest BCUT2D eigenvalue weighted by molar-refractivity contribution is 7.98. The molecule has 0 saturated heterocycles. The third-order valence-corrected chi connectivity index (χ3v) is 4.06. The van der Waals surface area contributed by atoms with Gasteiger partial charge in [0.2, 0.25) is 11.9 Å². The van der Waals surface area contributed by atoms with Gasteiger partial charge in [-0.05, 0) is 36.9 Å². The average Bonchev–Trinajstić information content (AvgIpc) is 2.60. The van der Waals surface area contributed by atoms with Gasteiger partial charge in [0, 0.05) is 11.4 Å². The van der Waals surface area contributed by atoms with E-state index < -0.39 is 18.6 Å². The second-order valence-corrected chi connectivity index (χ2v) is 6.17. The minimum atomic E-state index is -0.749. The van der Waals surface area contributed by atoms with Gasteiger partial charge in [-0.2, -0.15) is 10.2 Å². The maximum absolute atomic E-state index is 12.8. The number of nitrogens with one attached hydrogen (secondary N) is 2. The summed E-state index contributed by atoms with van der Waals surface area (Å²) >= 11 is 1.25. The number of thioether (sulfide) groups is 1. The third kappa shape index (κ3) is 4.52. The van der Waals surface area contributed by atoms with Gasteiger partial charge in [-0.1, -0.05) is 0 Å². The van der Waals surface area contributed by atoms with Gasteiger partial charge in [0.15, 0.2) is 5.82 Å². The van der Waals surface area contributed by atoms with Crippen LogP contribution in [0, 0.1) is 11.3 Å². The first-order chi connectivity index (χ1) is 12.4. The predicted molar refractivity (Wildman–Crippen MR) is 100 cm³/mol. The van der Waals surface area contributed by atoms with Crippen LogP contribution >= 0.6 is 11.8 Å². The Kier molecular flexibility index (Phi) is 6.19. The molecular formula is C16H18FN7OS. The van der Waals surface area contributed by atoms with Gasteiger partial charge in [0.1, 0.15) is 29.4 Å². The molecule has 1 atom stereocenters. The second kappa shape index (κ2) is 8.35. The maximum Gasteiger partial charge on any atom is 0.246 e. The lowest BCUT2D eigenvalue weighted by Crippen LogP contribution is -2.32. The number of nitriles is 1. The summed E-state index contributed by atoms with van der Waals surface area (Å²) < 4.78 is 12.8. The smallest absolute Gasteiger partial charge is 0.246 e. The predicted octanol–water partition coefficient (Wildman–Crippen LogP) is 2.14. The van der Waals surface area contributed by atoms with Crippen LogP contribution in [0.4, 0.5) is 27.5 Å². The highest BCUT2D eigenvalue weighted by Crippen LogP contribution is 2.25. The normalized spacial score (nSPS) is 11.5. The molecule has 10 heteroatoms. The molecule has 1 aromatic carbocycles. The lowest BCUT2D eigenvalue weighted by molar-refractivity contribution is -0.116. The minimum Gasteiger partial charge on any atom is -0.399 e. The quantitative estimate of drug-likeness (QED) is 0.342. The van der Waals surface area contributed by atoms with Crippen LogP contribution in [0.3, 0.4) is 0 Å². The highest BCUT2D eigenvalue weighted by Gasteiger charge is 2.19. The van der Waals surface area contributed by atoms with Gasteiger partial charge in [0.25, 0.3) is 0 Å². The molecule has 0 aliphatic carbocycles. The number of nitrogens with two attached hydrogens (primary N) is 2. The van der Waals surface area contributed by atoms with Crippen molar-refractivity contribution in [2.24, 2.45) is 0 Å². The van der Waals surface area contributed by atoms with Crippen molar-refractivity contribution in [3.05, 3.63) is 29.3 Å². The average molecular weight is 375 g/mol. The first kappa shape index (κ1) is 19.3. The van der Waals surface area contributed by atoms with Crippen LogP contribution in [-0.2, 0) is 11.5 Å². The molecule has 26 heavy (non-hydrogen) atoms. The van der Waals surface area contributed by atoms with Gasteiger partial charge < -0.3 is 22.1 Å². The van der Waals surface area contributed by atoms with Gasteiger partial charge in [-0.3, -0.25) is 4.79 Å². The molecule has 0 radical (unpaired) electrons. The van der Waals surface area contributed by atoms with Crippen LogP contribution in [-0.4, -0.2) is 28.2 Å². The number of anilines is 4. The lowest BCUT2D eigenvalue weighted by Gasteiger charge is -2.17. The number of nitrogen functional groups attached to an aromatic ring is 2. The van der Waals surface area contributed by atoms with Crippen molar-refractivity contribution in [2.75, 3.05) is 28.4 Å². The number of amides is 1. The van der Waals surface area contributed by atoms with Crippen molar-refractivity contribution in [1.29, 1.82) is 5.26 Å². The standard InChI is InChI=1S/C16H18FN7OS/c1-8(14(25)22-11-4-9(6-17)3-10(19)5-11)21-13-12(7-18)15(26-2)24-16(20)23-13/h3-5,8H,6,19H2,1-2H3,(H,22,25)(H3,20,21,23,24)/t8-/m0/s1. The Balaban J connectivity index is 2.19. The maximum atomic E-state index is 12.8. The first-order valence-corrected chi connectivity index (χ1v) is 8.74. The van der Waals surface area contributed by atoms with E-state index in [-0.39, 0.29) is 17.3 Å². The van der Waals surface area contributed by atoms with Crippen molar-refractivity contribution >= 4 is 40.8 Å². The molecule has 0 unspecified atom stereocenters. The summed E-state index contributed by atoms with van der Waals surface area (Å²) in [6.07, 6.45) is 1.75. The molecule has 136 valence electrons. The Labute approximate surface area is 154 Å². The van der Waals surface area contributed by atoms with Crippen LogP contribution in [0.2, 0.25) is 0 Å². The van der Waals surface area contributed by atoms with Gasteiger partial charge in [0.05, 0.1) is 0 Å². The molecule has 0 aliphatic rings. The Morgan fingerprint density at radius 3 is 2.73 bits per heavy atom. The van der Waals surface area contributed by atoms with Crippen LogP contribution in [0.15, 0.2) is 23.2 Å². The molecule has 2 rings (SSSR count). The molecule has 1 heterocycles. The fourth-order valence-corrected chi connectivity index (χ4v) is 2.73. The summed E-state index contributed by atoms with van der Waals surface area (Å²) in [5, 5.41) is 15.2. The Morgan fingerprint density at radius 1 is 1.38 bits per heavy atom. The van der Waals surface area contributed by atoms with E-state index in [1.165, 1.54) is 30.0 Å². The highest BCUT2D eigenvalue weighted by atomic mass is 32.2. The number of halogens is 1. The summed E-state index contributed by atoms with van der Waals surface area (Å²) in [5.41, 5.74) is 12.6. The van der Waals surface area contributed by atoms with E-state index in [2.05, 4.69) is 20.6 Å². The van der Waals surface area contributed by atoms with Crippen molar-refractivity contribution < 1.29 is 9.18 Å². The summed E-state index contributed by atoms with van der Waals surface area (Å²) in [7, 11) is 0. The van der Waals surface area contributed by atoms with Gasteiger partial charge >= 0.3 is 0 Å². The van der Waals surface area contributed by atoms with E-state index in [1.807, 2.05) is 6.07 Å². The summed E-state index contributed by atoms with van der Waals surface area (Å²) in [4.78, 5) is 20.4. The van der Waals surface area contributed by atoms with E-state index in [0.717, 1.165) is 0 Å². The van der Waals surface area contributed by atoms with Crippen molar-refractivity contribution in [2.45, 2.75) is 24.7 Å². The second-order valence-electron chi connectivity index (χ2n) is 5.38. The van der Waals surface area contributed by atoms with Crippen molar-refractivity contribution in [1.82, 2.24) is 9.97 Å². The number of aromatic nitrogens is 2. The van der Waals surface area contributed by atoms with Crippen LogP contribution in [0.1, 0.15) is 18.1 Å². The largest absolute Gasteiger partial charge is 0.399 e. The zero-order chi connectivity index (χ0) is 19.3. The molecular weight excluding hydrogens is 357 g/mol. The number of nitrogens with zero attached hydrogens (tertiary/aromatic N) is 3. The third-order valence-electron chi connectivity index (χ3n) is 3.38. The number of hydrogen-bond donors (Lipinski definition) is 4. The fourth-order valence-electron chi connectivity index (χ4n) is 2.20. The van der Waals surface area contributed by atoms with Crippen molar-refractivity contribution in [3.8, 4) is 6.07 Å². The molecule has 0 fully saturated rings. The molecule has 0 saturated carbocycles. The van der Waals surface area contributed by atoms with Crippen LogP contribution in [0.25, 0.3) is 0 Å². The molecule has 0 aliphatic heterocycles. The lowest BCUT2D eigenvalue weighted by atomic mass is 10.2. The fraction of sp³-hybridized carbons (Fsp3) is 0.250. The van der Waals surface area contributed by atoms with Gasteiger partial charge in [-0.15, -0.1) is 11.8 Å². The molecule has 0 spiro atoms. The summed E-state index contributed by atoms with van der Waals surface area (Å²) in [6.45, 7) is 0.904. The summed E-state index contributed by atoms with van der Waals surface area (Å²) in [6, 6.07) is 5.77. The van der Waals surface area contributed by atoms with Gasteiger partial charge in [-0.25, -0.2) is 9.37 Å². The van der Waals surface area contributed by atoms with E-state index in [9.17, 15) is 14.4 Å². The van der Waals surface area contributed by atoms with E-state index in [1.54, 1.807) is 13.2 Å². The Hall–Kier alpha value is -3.06. The van der Waals surface area contributed by atoms with E-state index >= 15 is 0 Å². The number of hydrogen-bond acceptors (Lipinski definition) is 8. The number of benzene rings is 1.